The fraction of sp³-hybridized carbons (Fsp3) is 0.611. The Kier molecular flexibility index (Phi) is 7.31. The number of hydrogen-bond acceptors (Lipinski definition) is 3. The van der Waals surface area contributed by atoms with Gasteiger partial charge in [-0.2, -0.15) is 0 Å². The van der Waals surface area contributed by atoms with Gasteiger partial charge in [-0.1, -0.05) is 70.1 Å². The molecule has 0 fully saturated rings. The van der Waals surface area contributed by atoms with Gasteiger partial charge < -0.3 is 4.79 Å². The number of aldehydes is 1. The summed E-state index contributed by atoms with van der Waals surface area (Å²) >= 11 is 1.75. The van der Waals surface area contributed by atoms with Crippen molar-refractivity contribution in [3.05, 3.63) is 29.8 Å². The first-order valence-electron chi connectivity index (χ1n) is 8.35. The number of nitrogens with zero attached hydrogens (tertiary/aromatic N) is 1. The zero-order chi connectivity index (χ0) is 14.9. The van der Waals surface area contributed by atoms with Gasteiger partial charge in [0.05, 0.1) is 0 Å². The van der Waals surface area contributed by atoms with Crippen LogP contribution in [0.25, 0.3) is 0 Å². The summed E-state index contributed by atoms with van der Waals surface area (Å²) in [5, 5.41) is 0. The molecule has 1 aromatic rings. The van der Waals surface area contributed by atoms with Crippen LogP contribution in [-0.2, 0) is 4.79 Å². The lowest BCUT2D eigenvalue weighted by Gasteiger charge is -2.18. The maximum atomic E-state index is 11.4. The quantitative estimate of drug-likeness (QED) is 0.328. The lowest BCUT2D eigenvalue weighted by Crippen LogP contribution is -2.19. The van der Waals surface area contributed by atoms with Crippen LogP contribution in [0.5, 0.6) is 0 Å². The largest absolute Gasteiger partial charge is 0.301 e. The molecule has 0 saturated heterocycles. The minimum absolute atomic E-state index is 0.0456. The molecule has 1 atom stereocenters. The number of benzene rings is 1. The van der Waals surface area contributed by atoms with Crippen LogP contribution < -0.4 is 0 Å². The average Bonchev–Trinajstić information content (AvgIpc) is 2.87. The van der Waals surface area contributed by atoms with Crippen molar-refractivity contribution >= 4 is 18.2 Å². The van der Waals surface area contributed by atoms with Gasteiger partial charge >= 0.3 is 0 Å². The van der Waals surface area contributed by atoms with E-state index in [1.54, 1.807) is 11.9 Å². The maximum absolute atomic E-state index is 11.4. The highest BCUT2D eigenvalue weighted by Gasteiger charge is 2.29. The van der Waals surface area contributed by atoms with Gasteiger partial charge in [0.2, 0.25) is 0 Å². The number of carbonyl (C=O) groups excluding carboxylic acids is 1. The van der Waals surface area contributed by atoms with Crippen molar-refractivity contribution < 1.29 is 4.79 Å². The van der Waals surface area contributed by atoms with Crippen molar-refractivity contribution in [1.29, 1.82) is 0 Å². The molecule has 0 aliphatic carbocycles. The van der Waals surface area contributed by atoms with Gasteiger partial charge in [-0.15, -0.1) is 0 Å². The number of carbonyl (C=O) groups is 1. The Morgan fingerprint density at radius 3 is 2.43 bits per heavy atom. The van der Waals surface area contributed by atoms with Crippen LogP contribution in [0.1, 0.15) is 69.9 Å². The predicted molar refractivity (Wildman–Crippen MR) is 90.4 cm³/mol. The van der Waals surface area contributed by atoms with Crippen LogP contribution in [0, 0.1) is 0 Å². The molecular weight excluding hydrogens is 278 g/mol. The summed E-state index contributed by atoms with van der Waals surface area (Å²) in [6, 6.07) is 8.22. The number of fused-ring (bicyclic) bond motifs is 1. The van der Waals surface area contributed by atoms with Crippen molar-refractivity contribution in [3.8, 4) is 0 Å². The van der Waals surface area contributed by atoms with Gasteiger partial charge in [-0.05, 0) is 30.0 Å². The molecule has 2 rings (SSSR count). The molecule has 0 bridgehead atoms. The van der Waals surface area contributed by atoms with E-state index in [1.807, 2.05) is 12.1 Å². The molecule has 0 aromatic heterocycles. The first-order chi connectivity index (χ1) is 10.4. The normalized spacial score (nSPS) is 17.9. The molecule has 3 heteroatoms. The van der Waals surface area contributed by atoms with E-state index in [-0.39, 0.29) is 6.04 Å². The first-order valence-corrected chi connectivity index (χ1v) is 9.13. The van der Waals surface area contributed by atoms with Crippen LogP contribution in [0.2, 0.25) is 0 Å². The zero-order valence-electron chi connectivity index (χ0n) is 13.1. The third-order valence-electron chi connectivity index (χ3n) is 4.12. The topological polar surface area (TPSA) is 20.3 Å². The van der Waals surface area contributed by atoms with E-state index < -0.39 is 0 Å². The second-order valence-corrected chi connectivity index (χ2v) is 6.92. The minimum atomic E-state index is -0.0456. The van der Waals surface area contributed by atoms with Gasteiger partial charge in [0, 0.05) is 11.4 Å². The van der Waals surface area contributed by atoms with Crippen LogP contribution in [0.4, 0.5) is 0 Å². The Labute approximate surface area is 133 Å². The van der Waals surface area contributed by atoms with Crippen molar-refractivity contribution in [2.75, 3.05) is 6.54 Å². The highest BCUT2D eigenvalue weighted by atomic mass is 32.2. The zero-order valence-corrected chi connectivity index (χ0v) is 13.9. The summed E-state index contributed by atoms with van der Waals surface area (Å²) in [7, 11) is 0. The molecule has 1 aliphatic heterocycles. The van der Waals surface area contributed by atoms with Crippen molar-refractivity contribution in [3.63, 3.8) is 0 Å². The molecule has 1 aliphatic rings. The summed E-state index contributed by atoms with van der Waals surface area (Å²) in [5.74, 6) is 0. The van der Waals surface area contributed by atoms with Gasteiger partial charge in [0.25, 0.3) is 0 Å². The number of hydrogen-bond donors (Lipinski definition) is 0. The fourth-order valence-electron chi connectivity index (χ4n) is 2.87. The first kappa shape index (κ1) is 16.6. The minimum Gasteiger partial charge on any atom is -0.301 e. The van der Waals surface area contributed by atoms with E-state index in [0.717, 1.165) is 12.8 Å². The second-order valence-electron chi connectivity index (χ2n) is 5.83. The third kappa shape index (κ3) is 4.86. The number of rotatable bonds is 10. The lowest BCUT2D eigenvalue weighted by atomic mass is 10.1. The van der Waals surface area contributed by atoms with Gasteiger partial charge in [-0.3, -0.25) is 0 Å². The Balaban J connectivity index is 1.65. The van der Waals surface area contributed by atoms with Crippen LogP contribution in [-0.4, -0.2) is 17.1 Å². The summed E-state index contributed by atoms with van der Waals surface area (Å²) in [5.41, 5.74) is 1.18. The van der Waals surface area contributed by atoms with E-state index in [2.05, 4.69) is 23.4 Å². The van der Waals surface area contributed by atoms with E-state index in [1.165, 1.54) is 61.8 Å². The van der Waals surface area contributed by atoms with Crippen LogP contribution >= 0.6 is 11.9 Å². The molecule has 1 aromatic carbocycles. The molecule has 0 amide bonds. The van der Waals surface area contributed by atoms with Gasteiger partial charge in [0.15, 0.2) is 0 Å². The second kappa shape index (κ2) is 9.26. The number of unbranched alkanes of at least 4 members (excludes halogenated alkanes) is 7. The predicted octanol–water partition coefficient (Wildman–Crippen LogP) is 5.39. The summed E-state index contributed by atoms with van der Waals surface area (Å²) in [6.45, 7) is 3.27. The van der Waals surface area contributed by atoms with Crippen LogP contribution in [0.15, 0.2) is 29.2 Å². The van der Waals surface area contributed by atoms with Crippen molar-refractivity contribution in [2.45, 2.75) is 69.2 Å². The smallest absolute Gasteiger partial charge is 0.142 e. The fourth-order valence-corrected chi connectivity index (χ4v) is 4.06. The summed E-state index contributed by atoms with van der Waals surface area (Å²) in [6.07, 6.45) is 11.7. The highest BCUT2D eigenvalue weighted by molar-refractivity contribution is 7.97. The Morgan fingerprint density at radius 2 is 1.71 bits per heavy atom. The highest BCUT2D eigenvalue weighted by Crippen LogP contribution is 2.42. The molecule has 21 heavy (non-hydrogen) atoms. The summed E-state index contributed by atoms with van der Waals surface area (Å²) < 4.78 is 2.24. The average molecular weight is 305 g/mol. The molecule has 1 heterocycles. The van der Waals surface area contributed by atoms with Gasteiger partial charge in [0.1, 0.15) is 12.3 Å². The SMILES string of the molecule is CCCCCCCCCCN1Sc2ccccc2C1C=O. The molecular formula is C18H27NOS. The summed E-state index contributed by atoms with van der Waals surface area (Å²) in [4.78, 5) is 12.6. The molecule has 1 unspecified atom stereocenters. The Hall–Kier alpha value is -0.800. The maximum Gasteiger partial charge on any atom is 0.142 e. The molecule has 116 valence electrons. The molecule has 0 saturated carbocycles. The Morgan fingerprint density at radius 1 is 1.05 bits per heavy atom. The van der Waals surface area contributed by atoms with Crippen LogP contribution in [0.3, 0.4) is 0 Å². The molecule has 0 spiro atoms. The lowest BCUT2D eigenvalue weighted by molar-refractivity contribution is -0.110. The molecule has 2 nitrogen and oxygen atoms in total. The molecule has 0 radical (unpaired) electrons. The van der Waals surface area contributed by atoms with E-state index in [4.69, 9.17) is 0 Å². The third-order valence-corrected chi connectivity index (χ3v) is 5.34. The van der Waals surface area contributed by atoms with Gasteiger partial charge in [-0.25, -0.2) is 4.31 Å². The molecule has 0 N–H and O–H groups in total. The van der Waals surface area contributed by atoms with E-state index in [0.29, 0.717) is 0 Å². The standard InChI is InChI=1S/C18H27NOS/c1-2-3-4-5-6-7-8-11-14-19-17(15-20)16-12-9-10-13-18(16)21-19/h9-10,12-13,15,17H,2-8,11,14H2,1H3. The van der Waals surface area contributed by atoms with Crippen molar-refractivity contribution in [2.24, 2.45) is 0 Å². The monoisotopic (exact) mass is 305 g/mol. The van der Waals surface area contributed by atoms with E-state index in [9.17, 15) is 4.79 Å². The van der Waals surface area contributed by atoms with Crippen molar-refractivity contribution in [1.82, 2.24) is 4.31 Å². The Bertz CT molecular complexity index is 435. The van der Waals surface area contributed by atoms with E-state index >= 15 is 0 Å².